The summed E-state index contributed by atoms with van der Waals surface area (Å²) in [7, 11) is 1.69. The topological polar surface area (TPSA) is 71.5 Å². The highest BCUT2D eigenvalue weighted by Gasteiger charge is 2.49. The van der Waals surface area contributed by atoms with E-state index < -0.39 is 12.2 Å². The van der Waals surface area contributed by atoms with Crippen molar-refractivity contribution in [1.82, 2.24) is 24.9 Å². The molecule has 3 aliphatic heterocycles. The molecular formula is C19H26N6O2. The van der Waals surface area contributed by atoms with Crippen LogP contribution >= 0.6 is 0 Å². The number of carbonyl (C=O) groups excluding carboxylic acids is 2. The maximum atomic E-state index is 12.4. The molecule has 1 N–H and O–H groups in total. The summed E-state index contributed by atoms with van der Waals surface area (Å²) in [5.74, 6) is 0.579. The van der Waals surface area contributed by atoms with E-state index in [9.17, 15) is 9.59 Å². The molecule has 0 saturated carbocycles. The van der Waals surface area contributed by atoms with Crippen LogP contribution in [0.25, 0.3) is 0 Å². The zero-order chi connectivity index (χ0) is 19.0. The first-order chi connectivity index (χ1) is 13.1. The van der Waals surface area contributed by atoms with Gasteiger partial charge in [0.2, 0.25) is 0 Å². The zero-order valence-electron chi connectivity index (χ0n) is 15.8. The number of imide groups is 1. The Balaban J connectivity index is 1.44. The van der Waals surface area contributed by atoms with Crippen molar-refractivity contribution < 1.29 is 9.59 Å². The summed E-state index contributed by atoms with van der Waals surface area (Å²) >= 11 is 0. The van der Waals surface area contributed by atoms with Crippen molar-refractivity contribution in [2.75, 3.05) is 39.8 Å². The van der Waals surface area contributed by atoms with Crippen molar-refractivity contribution in [3.63, 3.8) is 0 Å². The number of benzene rings is 1. The molecule has 8 heteroatoms. The van der Waals surface area contributed by atoms with Gasteiger partial charge in [-0.3, -0.25) is 15.0 Å². The fraction of sp³-hybridized carbons (Fsp3) is 0.526. The number of rotatable bonds is 3. The second kappa shape index (κ2) is 7.19. The highest BCUT2D eigenvalue weighted by atomic mass is 16.2. The number of nitrogens with one attached hydrogen (secondary N) is 1. The van der Waals surface area contributed by atoms with Crippen LogP contribution in [0.5, 0.6) is 0 Å². The Kier molecular flexibility index (Phi) is 4.73. The maximum Gasteiger partial charge on any atom is 0.325 e. The predicted molar refractivity (Wildman–Crippen MR) is 102 cm³/mol. The molecule has 0 bridgehead atoms. The minimum atomic E-state index is -0.441. The molecule has 1 aromatic rings. The van der Waals surface area contributed by atoms with Crippen molar-refractivity contribution >= 4 is 17.9 Å². The van der Waals surface area contributed by atoms with Crippen LogP contribution in [0.1, 0.15) is 12.5 Å². The van der Waals surface area contributed by atoms with E-state index in [-0.39, 0.29) is 11.9 Å². The van der Waals surface area contributed by atoms with Crippen molar-refractivity contribution in [3.05, 3.63) is 35.9 Å². The van der Waals surface area contributed by atoms with Gasteiger partial charge < -0.3 is 14.7 Å². The van der Waals surface area contributed by atoms with Crippen LogP contribution in [-0.2, 0) is 11.3 Å². The van der Waals surface area contributed by atoms with Crippen LogP contribution in [0.2, 0.25) is 0 Å². The van der Waals surface area contributed by atoms with Gasteiger partial charge in [0.15, 0.2) is 18.2 Å². The number of hydrogen-bond donors (Lipinski definition) is 1. The van der Waals surface area contributed by atoms with Crippen LogP contribution in [0.4, 0.5) is 4.79 Å². The largest absolute Gasteiger partial charge is 0.340 e. The summed E-state index contributed by atoms with van der Waals surface area (Å²) in [5, 5.41) is 2.43. The molecule has 8 nitrogen and oxygen atoms in total. The molecule has 2 unspecified atom stereocenters. The Morgan fingerprint density at radius 1 is 1.11 bits per heavy atom. The van der Waals surface area contributed by atoms with Crippen molar-refractivity contribution in [3.8, 4) is 0 Å². The van der Waals surface area contributed by atoms with Crippen LogP contribution in [0, 0.1) is 0 Å². The van der Waals surface area contributed by atoms with E-state index in [1.165, 1.54) is 10.5 Å². The van der Waals surface area contributed by atoms with Crippen LogP contribution in [-0.4, -0.2) is 89.5 Å². The molecule has 4 rings (SSSR count). The van der Waals surface area contributed by atoms with Gasteiger partial charge >= 0.3 is 6.03 Å². The first kappa shape index (κ1) is 17.8. The van der Waals surface area contributed by atoms with E-state index in [1.807, 2.05) is 17.9 Å². The van der Waals surface area contributed by atoms with Gasteiger partial charge in [0.05, 0.1) is 0 Å². The number of guanidine groups is 1. The molecule has 3 heterocycles. The van der Waals surface area contributed by atoms with E-state index in [4.69, 9.17) is 4.99 Å². The quantitative estimate of drug-likeness (QED) is 0.833. The number of aliphatic imine (C=N–C) groups is 1. The minimum Gasteiger partial charge on any atom is -0.340 e. The molecule has 3 amide bonds. The summed E-state index contributed by atoms with van der Waals surface area (Å²) in [6.07, 6.45) is -0.441. The average Bonchev–Trinajstić information content (AvgIpc) is 3.08. The number of amides is 3. The second-order valence-electron chi connectivity index (χ2n) is 7.23. The lowest BCUT2D eigenvalue weighted by molar-refractivity contribution is -0.127. The number of hydrogen-bond acceptors (Lipinski definition) is 6. The fourth-order valence-electron chi connectivity index (χ4n) is 4.06. The second-order valence-corrected chi connectivity index (χ2v) is 7.23. The first-order valence-corrected chi connectivity index (χ1v) is 9.52. The van der Waals surface area contributed by atoms with E-state index in [0.29, 0.717) is 6.54 Å². The van der Waals surface area contributed by atoms with Gasteiger partial charge in [0, 0.05) is 46.3 Å². The summed E-state index contributed by atoms with van der Waals surface area (Å²) in [6.45, 7) is 7.27. The van der Waals surface area contributed by atoms with Gasteiger partial charge in [0.1, 0.15) is 0 Å². The average molecular weight is 370 g/mol. The summed E-state index contributed by atoms with van der Waals surface area (Å²) in [6, 6.07) is 9.68. The highest BCUT2D eigenvalue weighted by Crippen LogP contribution is 2.25. The van der Waals surface area contributed by atoms with Crippen molar-refractivity contribution in [2.24, 2.45) is 4.99 Å². The van der Waals surface area contributed by atoms with Crippen LogP contribution in [0.3, 0.4) is 0 Å². The third kappa shape index (κ3) is 3.25. The summed E-state index contributed by atoms with van der Waals surface area (Å²) in [4.78, 5) is 37.3. The fourth-order valence-corrected chi connectivity index (χ4v) is 4.06. The lowest BCUT2D eigenvalue weighted by atomic mass is 10.1. The molecule has 0 aliphatic carbocycles. The molecule has 0 spiro atoms. The Labute approximate surface area is 159 Å². The van der Waals surface area contributed by atoms with Gasteiger partial charge in [0.25, 0.3) is 5.91 Å². The lowest BCUT2D eigenvalue weighted by Gasteiger charge is -2.40. The zero-order valence-corrected chi connectivity index (χ0v) is 15.8. The maximum absolute atomic E-state index is 12.4. The van der Waals surface area contributed by atoms with Gasteiger partial charge in [-0.2, -0.15) is 0 Å². The van der Waals surface area contributed by atoms with Crippen molar-refractivity contribution in [2.45, 2.75) is 25.7 Å². The smallest absolute Gasteiger partial charge is 0.325 e. The van der Waals surface area contributed by atoms with E-state index in [0.717, 1.165) is 38.7 Å². The minimum absolute atomic E-state index is 0.258. The molecule has 2 saturated heterocycles. The molecule has 27 heavy (non-hydrogen) atoms. The molecule has 0 radical (unpaired) electrons. The van der Waals surface area contributed by atoms with Crippen molar-refractivity contribution in [1.29, 1.82) is 0 Å². The predicted octanol–water partition coefficient (Wildman–Crippen LogP) is 0.372. The number of fused-ring (bicyclic) bond motifs is 1. The van der Waals surface area contributed by atoms with E-state index in [1.54, 1.807) is 7.05 Å². The Hall–Kier alpha value is -2.61. The van der Waals surface area contributed by atoms with Crippen LogP contribution in [0.15, 0.2) is 35.3 Å². The number of likely N-dealkylation sites (N-methyl/N-ethyl adjacent to an activating group) is 2. The standard InChI is InChI=1S/C19H26N6O2/c1-3-25-15-16(22(2)19(27)21-17(15)26)20-18(25)24-11-9-23(10-12-24)13-14-7-5-4-6-8-14/h4-8,15-16H,3,9-13H2,1-2H3,(H,21,26,27). The molecular weight excluding hydrogens is 344 g/mol. The van der Waals surface area contributed by atoms with Crippen LogP contribution < -0.4 is 5.32 Å². The third-order valence-corrected chi connectivity index (χ3v) is 5.58. The van der Waals surface area contributed by atoms with E-state index in [2.05, 4.69) is 39.4 Å². The monoisotopic (exact) mass is 370 g/mol. The molecule has 0 aromatic heterocycles. The Bertz CT molecular complexity index is 744. The number of urea groups is 1. The summed E-state index contributed by atoms with van der Waals surface area (Å²) < 4.78 is 0. The lowest BCUT2D eigenvalue weighted by Crippen LogP contribution is -2.64. The normalized spacial score (nSPS) is 26.1. The SMILES string of the molecule is CCN1C(N2CCN(Cc3ccccc3)CC2)=NC2C1C(=O)NC(=O)N2C. The number of carbonyl (C=O) groups is 2. The Morgan fingerprint density at radius 2 is 1.81 bits per heavy atom. The first-order valence-electron chi connectivity index (χ1n) is 9.52. The van der Waals surface area contributed by atoms with Gasteiger partial charge in [-0.15, -0.1) is 0 Å². The summed E-state index contributed by atoms with van der Waals surface area (Å²) in [5.41, 5.74) is 1.32. The number of piperazine rings is 1. The van der Waals surface area contributed by atoms with Gasteiger partial charge in [-0.25, -0.2) is 9.79 Å². The van der Waals surface area contributed by atoms with E-state index >= 15 is 0 Å². The molecule has 144 valence electrons. The molecule has 2 atom stereocenters. The van der Waals surface area contributed by atoms with Gasteiger partial charge in [-0.1, -0.05) is 30.3 Å². The number of nitrogens with zero attached hydrogens (tertiary/aromatic N) is 5. The van der Waals surface area contributed by atoms with Gasteiger partial charge in [-0.05, 0) is 12.5 Å². The molecule has 1 aromatic carbocycles. The third-order valence-electron chi connectivity index (χ3n) is 5.58. The highest BCUT2D eigenvalue weighted by molar-refractivity contribution is 6.03. The Morgan fingerprint density at radius 3 is 2.48 bits per heavy atom. The molecule has 3 aliphatic rings. The molecule has 2 fully saturated rings.